The molecule has 0 aromatic heterocycles. The van der Waals surface area contributed by atoms with E-state index in [9.17, 15) is 10.1 Å². The van der Waals surface area contributed by atoms with Crippen molar-refractivity contribution in [2.24, 2.45) is 5.92 Å². The lowest BCUT2D eigenvalue weighted by Gasteiger charge is -2.35. The van der Waals surface area contributed by atoms with Crippen LogP contribution >= 0.6 is 0 Å². The molecule has 1 N–H and O–H groups in total. The molecule has 2 amide bonds. The Balaban J connectivity index is 2.64. The third-order valence-electron chi connectivity index (χ3n) is 3.74. The van der Waals surface area contributed by atoms with Gasteiger partial charge < -0.3 is 10.2 Å². The van der Waals surface area contributed by atoms with Crippen LogP contribution in [0.25, 0.3) is 0 Å². The number of urea groups is 1. The van der Waals surface area contributed by atoms with Crippen molar-refractivity contribution in [3.63, 3.8) is 0 Å². The minimum atomic E-state index is -0.633. The van der Waals surface area contributed by atoms with Gasteiger partial charge in [-0.2, -0.15) is 5.26 Å². The van der Waals surface area contributed by atoms with E-state index in [2.05, 4.69) is 18.3 Å². The van der Waals surface area contributed by atoms with Crippen LogP contribution in [-0.2, 0) is 0 Å². The van der Waals surface area contributed by atoms with Crippen molar-refractivity contribution in [3.05, 3.63) is 0 Å². The van der Waals surface area contributed by atoms with Gasteiger partial charge in [-0.3, -0.25) is 0 Å². The Bertz CT molecular complexity index is 296. The van der Waals surface area contributed by atoms with Crippen LogP contribution in [0.15, 0.2) is 0 Å². The van der Waals surface area contributed by atoms with Gasteiger partial charge in [0, 0.05) is 13.1 Å². The summed E-state index contributed by atoms with van der Waals surface area (Å²) in [4.78, 5) is 13.7. The standard InChI is InChI=1S/C13H23N3O/c1-4-16(5-2)12(17)15-13(10-14)8-6-11(3)7-9-13/h11H,4-9H2,1-3H3,(H,15,17). The Kier molecular flexibility index (Phi) is 4.80. The summed E-state index contributed by atoms with van der Waals surface area (Å²) in [7, 11) is 0. The van der Waals surface area contributed by atoms with Gasteiger partial charge >= 0.3 is 6.03 Å². The molecule has 0 aliphatic heterocycles. The summed E-state index contributed by atoms with van der Waals surface area (Å²) in [5.74, 6) is 0.668. The van der Waals surface area contributed by atoms with Crippen LogP contribution in [-0.4, -0.2) is 29.6 Å². The summed E-state index contributed by atoms with van der Waals surface area (Å²) in [5.41, 5.74) is -0.633. The van der Waals surface area contributed by atoms with Gasteiger partial charge in [0.2, 0.25) is 0 Å². The monoisotopic (exact) mass is 237 g/mol. The summed E-state index contributed by atoms with van der Waals surface area (Å²) in [6, 6.07) is 2.21. The van der Waals surface area contributed by atoms with Gasteiger partial charge in [0.25, 0.3) is 0 Å². The zero-order valence-electron chi connectivity index (χ0n) is 11.1. The maximum Gasteiger partial charge on any atom is 0.318 e. The minimum Gasteiger partial charge on any atom is -0.325 e. The van der Waals surface area contributed by atoms with Gasteiger partial charge in [0.15, 0.2) is 0 Å². The third kappa shape index (κ3) is 3.36. The lowest BCUT2D eigenvalue weighted by atomic mass is 9.78. The summed E-state index contributed by atoms with van der Waals surface area (Å²) >= 11 is 0. The van der Waals surface area contributed by atoms with Crippen molar-refractivity contribution in [3.8, 4) is 6.07 Å². The molecule has 1 rings (SSSR count). The highest BCUT2D eigenvalue weighted by Gasteiger charge is 2.36. The molecule has 1 saturated carbocycles. The number of nitrogens with one attached hydrogen (secondary N) is 1. The quantitative estimate of drug-likeness (QED) is 0.820. The van der Waals surface area contributed by atoms with Crippen molar-refractivity contribution in [1.82, 2.24) is 10.2 Å². The lowest BCUT2D eigenvalue weighted by molar-refractivity contribution is 0.180. The van der Waals surface area contributed by atoms with Crippen molar-refractivity contribution in [1.29, 1.82) is 5.26 Å². The van der Waals surface area contributed by atoms with Gasteiger partial charge in [0.05, 0.1) is 6.07 Å². The smallest absolute Gasteiger partial charge is 0.318 e. The maximum absolute atomic E-state index is 12.0. The Morgan fingerprint density at radius 1 is 1.41 bits per heavy atom. The van der Waals surface area contributed by atoms with Crippen molar-refractivity contribution in [2.75, 3.05) is 13.1 Å². The van der Waals surface area contributed by atoms with E-state index < -0.39 is 5.54 Å². The first-order chi connectivity index (χ1) is 8.06. The highest BCUT2D eigenvalue weighted by atomic mass is 16.2. The molecule has 1 aliphatic carbocycles. The molecule has 0 saturated heterocycles. The Labute approximate surface area is 104 Å². The third-order valence-corrected chi connectivity index (χ3v) is 3.74. The van der Waals surface area contributed by atoms with Crippen molar-refractivity contribution >= 4 is 6.03 Å². The molecule has 1 aliphatic rings. The van der Waals surface area contributed by atoms with Crippen molar-refractivity contribution < 1.29 is 4.79 Å². The number of nitrogens with zero attached hydrogens (tertiary/aromatic N) is 2. The molecule has 4 nitrogen and oxygen atoms in total. The van der Waals surface area contributed by atoms with Gasteiger partial charge in [-0.05, 0) is 45.4 Å². The summed E-state index contributed by atoms with van der Waals surface area (Å²) in [6.45, 7) is 7.46. The molecule has 1 fully saturated rings. The second kappa shape index (κ2) is 5.90. The number of carbonyl (C=O) groups excluding carboxylic acids is 1. The number of hydrogen-bond acceptors (Lipinski definition) is 2. The number of carbonyl (C=O) groups is 1. The molecule has 0 spiro atoms. The summed E-state index contributed by atoms with van der Waals surface area (Å²) in [6.07, 6.45) is 3.59. The Morgan fingerprint density at radius 3 is 2.35 bits per heavy atom. The molecule has 4 heteroatoms. The molecule has 0 aromatic carbocycles. The predicted octanol–water partition coefficient (Wildman–Crippen LogP) is 2.51. The van der Waals surface area contributed by atoms with Crippen LogP contribution < -0.4 is 5.32 Å². The zero-order chi connectivity index (χ0) is 12.9. The fourth-order valence-corrected chi connectivity index (χ4v) is 2.31. The SMILES string of the molecule is CCN(CC)C(=O)NC1(C#N)CCC(C)CC1. The van der Waals surface area contributed by atoms with Gasteiger partial charge in [-0.1, -0.05) is 6.92 Å². The van der Waals surface area contributed by atoms with E-state index in [0.29, 0.717) is 19.0 Å². The first kappa shape index (κ1) is 13.8. The number of hydrogen-bond donors (Lipinski definition) is 1. The second-order valence-electron chi connectivity index (χ2n) is 4.98. The molecular weight excluding hydrogens is 214 g/mol. The van der Waals surface area contributed by atoms with Crippen LogP contribution in [0.3, 0.4) is 0 Å². The lowest BCUT2D eigenvalue weighted by Crippen LogP contribution is -2.54. The molecule has 17 heavy (non-hydrogen) atoms. The first-order valence-corrected chi connectivity index (χ1v) is 6.55. The maximum atomic E-state index is 12.0. The van der Waals surface area contributed by atoms with E-state index in [1.165, 1.54) is 0 Å². The molecule has 0 aromatic rings. The Hall–Kier alpha value is -1.24. The molecule has 96 valence electrons. The number of nitriles is 1. The highest BCUT2D eigenvalue weighted by molar-refractivity contribution is 5.75. The molecule has 0 heterocycles. The van der Waals surface area contributed by atoms with Crippen LogP contribution in [0.2, 0.25) is 0 Å². The molecule has 0 radical (unpaired) electrons. The fourth-order valence-electron chi connectivity index (χ4n) is 2.31. The van der Waals surface area contributed by atoms with E-state index >= 15 is 0 Å². The van der Waals surface area contributed by atoms with E-state index in [1.807, 2.05) is 13.8 Å². The average Bonchev–Trinajstić information content (AvgIpc) is 2.34. The predicted molar refractivity (Wildman–Crippen MR) is 67.4 cm³/mol. The Morgan fingerprint density at radius 2 is 1.94 bits per heavy atom. The second-order valence-corrected chi connectivity index (χ2v) is 4.98. The van der Waals surface area contributed by atoms with Crippen molar-refractivity contribution in [2.45, 2.75) is 52.0 Å². The van der Waals surface area contributed by atoms with E-state index in [1.54, 1.807) is 4.90 Å². The minimum absolute atomic E-state index is 0.105. The van der Waals surface area contributed by atoms with Gasteiger partial charge in [-0.15, -0.1) is 0 Å². The summed E-state index contributed by atoms with van der Waals surface area (Å²) in [5, 5.41) is 12.3. The largest absolute Gasteiger partial charge is 0.325 e. The fraction of sp³-hybridized carbons (Fsp3) is 0.846. The number of amides is 2. The van der Waals surface area contributed by atoms with E-state index in [4.69, 9.17) is 0 Å². The van der Waals surface area contributed by atoms with Gasteiger partial charge in [0.1, 0.15) is 5.54 Å². The molecule has 0 bridgehead atoms. The van der Waals surface area contributed by atoms with Crippen LogP contribution in [0.1, 0.15) is 46.5 Å². The molecule has 0 unspecified atom stereocenters. The highest BCUT2D eigenvalue weighted by Crippen LogP contribution is 2.31. The van der Waals surface area contributed by atoms with Crippen LogP contribution in [0.4, 0.5) is 4.79 Å². The molecular formula is C13H23N3O. The zero-order valence-corrected chi connectivity index (χ0v) is 11.1. The van der Waals surface area contributed by atoms with Crippen LogP contribution in [0.5, 0.6) is 0 Å². The molecule has 0 atom stereocenters. The van der Waals surface area contributed by atoms with E-state index in [-0.39, 0.29) is 6.03 Å². The van der Waals surface area contributed by atoms with E-state index in [0.717, 1.165) is 25.7 Å². The first-order valence-electron chi connectivity index (χ1n) is 6.55. The van der Waals surface area contributed by atoms with Gasteiger partial charge in [-0.25, -0.2) is 4.79 Å². The number of rotatable bonds is 3. The average molecular weight is 237 g/mol. The van der Waals surface area contributed by atoms with Crippen LogP contribution in [0, 0.1) is 17.2 Å². The summed E-state index contributed by atoms with van der Waals surface area (Å²) < 4.78 is 0. The topological polar surface area (TPSA) is 56.1 Å². The normalized spacial score (nSPS) is 28.2.